The first-order valence-electron chi connectivity index (χ1n) is 8.05. The predicted molar refractivity (Wildman–Crippen MR) is 89.2 cm³/mol. The molecule has 2 rings (SSSR count). The van der Waals surface area contributed by atoms with Crippen molar-refractivity contribution in [3.05, 3.63) is 22.1 Å². The average molecular weight is 323 g/mol. The van der Waals surface area contributed by atoms with Crippen molar-refractivity contribution >= 4 is 17.7 Å². The summed E-state index contributed by atoms with van der Waals surface area (Å²) < 4.78 is 0. The highest BCUT2D eigenvalue weighted by Crippen LogP contribution is 2.24. The number of aromatic amines is 1. The Hall–Kier alpha value is -1.30. The highest BCUT2D eigenvalue weighted by molar-refractivity contribution is 7.99. The molecule has 122 valence electrons. The van der Waals surface area contributed by atoms with Crippen molar-refractivity contribution < 1.29 is 4.79 Å². The number of carbonyl (C=O) groups excluding carboxylic acids is 1. The van der Waals surface area contributed by atoms with Crippen LogP contribution in [-0.4, -0.2) is 38.6 Å². The summed E-state index contributed by atoms with van der Waals surface area (Å²) in [5.74, 6) is 0.459. The van der Waals surface area contributed by atoms with Crippen LogP contribution in [-0.2, 0) is 11.2 Å². The smallest absolute Gasteiger partial charge is 0.251 e. The average Bonchev–Trinajstić information content (AvgIpc) is 2.45. The molecule has 0 spiro atoms. The van der Waals surface area contributed by atoms with E-state index in [-0.39, 0.29) is 11.5 Å². The maximum Gasteiger partial charge on any atom is 0.251 e. The number of thioether (sulfide) groups is 1. The molecule has 0 aromatic carbocycles. The Morgan fingerprint density at radius 1 is 1.41 bits per heavy atom. The first-order chi connectivity index (χ1) is 10.5. The zero-order valence-corrected chi connectivity index (χ0v) is 14.4. The highest BCUT2D eigenvalue weighted by Gasteiger charge is 2.28. The zero-order chi connectivity index (χ0) is 16.1. The molecule has 2 atom stereocenters. The molecule has 6 heteroatoms. The standard InChI is InChI=1S/C16H25N3O2S/c1-4-6-13-9-14(20)18-16(17-13)22-10-15(21)19-11(2)7-5-8-12(19)3/h9,11-12H,4-8,10H2,1-3H3,(H,17,18,20)/t11-,12+. The van der Waals surface area contributed by atoms with Gasteiger partial charge in [-0.05, 0) is 39.5 Å². The Kier molecular flexibility index (Phi) is 6.06. The Bertz CT molecular complexity index is 563. The number of H-pyrrole nitrogens is 1. The summed E-state index contributed by atoms with van der Waals surface area (Å²) in [4.78, 5) is 33.2. The van der Waals surface area contributed by atoms with Crippen molar-refractivity contribution in [3.63, 3.8) is 0 Å². The number of aromatic nitrogens is 2. The fourth-order valence-electron chi connectivity index (χ4n) is 3.05. The summed E-state index contributed by atoms with van der Waals surface area (Å²) in [5.41, 5.74) is 0.647. The topological polar surface area (TPSA) is 66.1 Å². The maximum atomic E-state index is 12.5. The number of aryl methyl sites for hydroxylation is 1. The van der Waals surface area contributed by atoms with E-state index in [1.807, 2.05) is 4.90 Å². The van der Waals surface area contributed by atoms with Gasteiger partial charge in [-0.25, -0.2) is 4.98 Å². The van der Waals surface area contributed by atoms with Crippen LogP contribution in [0.25, 0.3) is 0 Å². The Morgan fingerprint density at radius 3 is 2.73 bits per heavy atom. The van der Waals surface area contributed by atoms with E-state index in [0.29, 0.717) is 23.0 Å². The van der Waals surface area contributed by atoms with E-state index >= 15 is 0 Å². The van der Waals surface area contributed by atoms with Gasteiger partial charge in [0.05, 0.1) is 5.75 Å². The van der Waals surface area contributed by atoms with E-state index in [1.165, 1.54) is 24.2 Å². The van der Waals surface area contributed by atoms with E-state index < -0.39 is 0 Å². The van der Waals surface area contributed by atoms with E-state index in [1.54, 1.807) is 0 Å². The minimum Gasteiger partial charge on any atom is -0.337 e. The van der Waals surface area contributed by atoms with Gasteiger partial charge in [0.15, 0.2) is 5.16 Å². The molecule has 1 saturated heterocycles. The maximum absolute atomic E-state index is 12.5. The summed E-state index contributed by atoms with van der Waals surface area (Å²) in [6.07, 6.45) is 5.06. The molecule has 1 fully saturated rings. The van der Waals surface area contributed by atoms with Gasteiger partial charge < -0.3 is 9.88 Å². The Balaban J connectivity index is 2.00. The fourth-order valence-corrected chi connectivity index (χ4v) is 3.82. The van der Waals surface area contributed by atoms with Crippen LogP contribution in [0.4, 0.5) is 0 Å². The van der Waals surface area contributed by atoms with Gasteiger partial charge in [-0.15, -0.1) is 0 Å². The van der Waals surface area contributed by atoms with Gasteiger partial charge in [0.2, 0.25) is 5.91 Å². The minimum atomic E-state index is -0.145. The second-order valence-electron chi connectivity index (χ2n) is 6.01. The largest absolute Gasteiger partial charge is 0.337 e. The number of hydrogen-bond donors (Lipinski definition) is 1. The number of rotatable bonds is 5. The molecule has 1 N–H and O–H groups in total. The molecule has 1 aromatic rings. The molecule has 0 aliphatic carbocycles. The van der Waals surface area contributed by atoms with Gasteiger partial charge in [0, 0.05) is 23.8 Å². The number of nitrogens with zero attached hydrogens (tertiary/aromatic N) is 2. The van der Waals surface area contributed by atoms with Crippen molar-refractivity contribution in [2.75, 3.05) is 5.75 Å². The van der Waals surface area contributed by atoms with Crippen molar-refractivity contribution in [1.82, 2.24) is 14.9 Å². The summed E-state index contributed by atoms with van der Waals surface area (Å²) in [7, 11) is 0. The second-order valence-corrected chi connectivity index (χ2v) is 6.97. The molecule has 0 bridgehead atoms. The zero-order valence-electron chi connectivity index (χ0n) is 13.6. The molecule has 0 saturated carbocycles. The fraction of sp³-hybridized carbons (Fsp3) is 0.688. The molecule has 1 aliphatic rings. The van der Waals surface area contributed by atoms with Crippen LogP contribution in [0.1, 0.15) is 52.1 Å². The van der Waals surface area contributed by atoms with Crippen molar-refractivity contribution in [2.45, 2.75) is 70.1 Å². The van der Waals surface area contributed by atoms with Gasteiger partial charge in [-0.3, -0.25) is 9.59 Å². The Morgan fingerprint density at radius 2 is 2.09 bits per heavy atom. The lowest BCUT2D eigenvalue weighted by atomic mass is 9.98. The lowest BCUT2D eigenvalue weighted by molar-refractivity contribution is -0.134. The predicted octanol–water partition coefficient (Wildman–Crippen LogP) is 2.60. The lowest BCUT2D eigenvalue weighted by Gasteiger charge is -2.39. The van der Waals surface area contributed by atoms with Crippen LogP contribution >= 0.6 is 11.8 Å². The molecule has 5 nitrogen and oxygen atoms in total. The number of nitrogens with one attached hydrogen (secondary N) is 1. The molecule has 1 aliphatic heterocycles. The summed E-state index contributed by atoms with van der Waals surface area (Å²) in [5, 5.41) is 0.543. The van der Waals surface area contributed by atoms with Gasteiger partial charge in [-0.2, -0.15) is 0 Å². The summed E-state index contributed by atoms with van der Waals surface area (Å²) >= 11 is 1.32. The molecule has 1 amide bonds. The van der Waals surface area contributed by atoms with Gasteiger partial charge >= 0.3 is 0 Å². The second kappa shape index (κ2) is 7.81. The molecule has 0 unspecified atom stereocenters. The third-order valence-electron chi connectivity index (χ3n) is 4.09. The third kappa shape index (κ3) is 4.35. The molecule has 2 heterocycles. The quantitative estimate of drug-likeness (QED) is 0.668. The van der Waals surface area contributed by atoms with E-state index in [0.717, 1.165) is 31.4 Å². The third-order valence-corrected chi connectivity index (χ3v) is 4.95. The molecule has 0 radical (unpaired) electrons. The Labute approximate surface area is 135 Å². The summed E-state index contributed by atoms with van der Waals surface area (Å²) in [6, 6.07) is 2.13. The van der Waals surface area contributed by atoms with Crippen molar-refractivity contribution in [3.8, 4) is 0 Å². The van der Waals surface area contributed by atoms with Crippen LogP contribution in [0.15, 0.2) is 16.0 Å². The minimum absolute atomic E-state index is 0.133. The number of carbonyl (C=O) groups is 1. The SMILES string of the molecule is CCCc1cc(=O)[nH]c(SCC(=O)N2[C@H](C)CCC[C@@H]2C)n1. The van der Waals surface area contributed by atoms with Crippen molar-refractivity contribution in [2.24, 2.45) is 0 Å². The van der Waals surface area contributed by atoms with Crippen LogP contribution in [0.2, 0.25) is 0 Å². The van der Waals surface area contributed by atoms with Crippen molar-refractivity contribution in [1.29, 1.82) is 0 Å². The van der Waals surface area contributed by atoms with E-state index in [2.05, 4.69) is 30.7 Å². The lowest BCUT2D eigenvalue weighted by Crippen LogP contribution is -2.48. The molecule has 1 aromatic heterocycles. The first-order valence-corrected chi connectivity index (χ1v) is 9.04. The number of hydrogen-bond acceptors (Lipinski definition) is 4. The number of piperidine rings is 1. The van der Waals surface area contributed by atoms with E-state index in [4.69, 9.17) is 0 Å². The van der Waals surface area contributed by atoms with Crippen LogP contribution < -0.4 is 5.56 Å². The van der Waals surface area contributed by atoms with Crippen LogP contribution in [0.5, 0.6) is 0 Å². The van der Waals surface area contributed by atoms with Gasteiger partial charge in [0.25, 0.3) is 5.56 Å². The van der Waals surface area contributed by atoms with Gasteiger partial charge in [-0.1, -0.05) is 25.1 Å². The monoisotopic (exact) mass is 323 g/mol. The molecular weight excluding hydrogens is 298 g/mol. The van der Waals surface area contributed by atoms with E-state index in [9.17, 15) is 9.59 Å². The number of amides is 1. The number of likely N-dealkylation sites (tertiary alicyclic amines) is 1. The van der Waals surface area contributed by atoms with Crippen LogP contribution in [0, 0.1) is 0 Å². The first kappa shape index (κ1) is 17.1. The van der Waals surface area contributed by atoms with Crippen LogP contribution in [0.3, 0.4) is 0 Å². The molecule has 22 heavy (non-hydrogen) atoms. The van der Waals surface area contributed by atoms with Gasteiger partial charge in [0.1, 0.15) is 0 Å². The summed E-state index contributed by atoms with van der Waals surface area (Å²) in [6.45, 7) is 6.28. The normalized spacial score (nSPS) is 21.9. The highest BCUT2D eigenvalue weighted by atomic mass is 32.2. The molecular formula is C16H25N3O2S.